The van der Waals surface area contributed by atoms with Gasteiger partial charge in [0.1, 0.15) is 6.54 Å². The van der Waals surface area contributed by atoms with Crippen LogP contribution >= 0.6 is 11.9 Å². The lowest BCUT2D eigenvalue weighted by molar-refractivity contribution is -0.451. The van der Waals surface area contributed by atoms with E-state index in [0.29, 0.717) is 6.04 Å². The Morgan fingerprint density at radius 2 is 2.50 bits per heavy atom. The Balaban J connectivity index is 2.10. The quantitative estimate of drug-likeness (QED) is 0.440. The first-order valence-corrected chi connectivity index (χ1v) is 4.81. The van der Waals surface area contributed by atoms with Crippen molar-refractivity contribution in [1.82, 2.24) is 5.32 Å². The Morgan fingerprint density at radius 3 is 3.30 bits per heavy atom. The van der Waals surface area contributed by atoms with Gasteiger partial charge in [0.25, 0.3) is 0 Å². The first kappa shape index (κ1) is 6.61. The fourth-order valence-electron chi connectivity index (χ4n) is 1.65. The van der Waals surface area contributed by atoms with E-state index in [2.05, 4.69) is 20.8 Å². The number of rotatable bonds is 1. The van der Waals surface area contributed by atoms with Crippen molar-refractivity contribution in [3.63, 3.8) is 0 Å². The molecule has 2 atom stereocenters. The van der Waals surface area contributed by atoms with Crippen LogP contribution in [0.4, 0.5) is 0 Å². The van der Waals surface area contributed by atoms with Gasteiger partial charge in [-0.2, -0.15) is 0 Å². The van der Waals surface area contributed by atoms with Crippen LogP contribution in [0.3, 0.4) is 0 Å². The minimum absolute atomic E-state index is 0.676. The Morgan fingerprint density at radius 1 is 1.60 bits per heavy atom. The van der Waals surface area contributed by atoms with Crippen molar-refractivity contribution in [3.8, 4) is 0 Å². The molecule has 1 saturated heterocycles. The van der Waals surface area contributed by atoms with E-state index in [4.69, 9.17) is 0 Å². The highest BCUT2D eigenvalue weighted by atomic mass is 32.2. The summed E-state index contributed by atoms with van der Waals surface area (Å²) < 4.78 is 2.14. The van der Waals surface area contributed by atoms with Gasteiger partial charge in [0.15, 0.2) is 11.9 Å². The lowest BCUT2D eigenvalue weighted by Crippen LogP contribution is -2.23. The zero-order chi connectivity index (χ0) is 6.97. The van der Waals surface area contributed by atoms with Crippen molar-refractivity contribution in [1.29, 1.82) is 0 Å². The van der Waals surface area contributed by atoms with E-state index in [1.807, 2.05) is 0 Å². The van der Waals surface area contributed by atoms with E-state index in [1.165, 1.54) is 0 Å². The van der Waals surface area contributed by atoms with Gasteiger partial charge in [-0.3, -0.25) is 0 Å². The molecule has 0 aromatic rings. The molecule has 10 heavy (non-hydrogen) atoms. The topological polar surface area (TPSA) is 27.4 Å². The Bertz CT molecular complexity index is 168. The number of hydrogen-bond donors (Lipinski definition) is 1. The number of hydrogen-bond acceptors (Lipinski definition) is 3. The van der Waals surface area contributed by atoms with Crippen LogP contribution in [0.15, 0.2) is 5.11 Å². The van der Waals surface area contributed by atoms with Gasteiger partial charge in [-0.05, 0) is 5.11 Å². The Kier molecular flexibility index (Phi) is 1.66. The predicted molar refractivity (Wildman–Crippen MR) is 41.2 cm³/mol. The number of nitrogens with one attached hydrogen (secondary N) is 1. The standard InChI is InChI=1S/C6H12N3S/c1-10-9-6-4-7-2-5(6)3-8-9/h5-7H,2-4H2,1H3/q+1. The minimum Gasteiger partial charge on any atom is -0.310 e. The third-order valence-corrected chi connectivity index (χ3v) is 2.99. The van der Waals surface area contributed by atoms with E-state index in [9.17, 15) is 0 Å². The molecule has 0 amide bonds. The number of nitrogens with zero attached hydrogens (tertiary/aromatic N) is 2. The summed E-state index contributed by atoms with van der Waals surface area (Å²) >= 11 is 1.74. The molecular weight excluding hydrogens is 146 g/mol. The van der Waals surface area contributed by atoms with Crippen LogP contribution in [0.2, 0.25) is 0 Å². The molecule has 3 nitrogen and oxygen atoms in total. The van der Waals surface area contributed by atoms with Crippen LogP contribution in [0, 0.1) is 5.92 Å². The van der Waals surface area contributed by atoms with Crippen LogP contribution in [0.5, 0.6) is 0 Å². The van der Waals surface area contributed by atoms with Crippen molar-refractivity contribution in [2.45, 2.75) is 6.04 Å². The molecule has 0 aliphatic carbocycles. The Labute approximate surface area is 65.0 Å². The maximum absolute atomic E-state index is 4.39. The SMILES string of the molecule is CS[N+]1=NCC2CNCC21. The minimum atomic E-state index is 0.676. The van der Waals surface area contributed by atoms with Gasteiger partial charge in [0, 0.05) is 6.54 Å². The average molecular weight is 158 g/mol. The predicted octanol–water partition coefficient (Wildman–Crippen LogP) is 0.331. The van der Waals surface area contributed by atoms with E-state index in [1.54, 1.807) is 11.9 Å². The van der Waals surface area contributed by atoms with Gasteiger partial charge in [0.2, 0.25) is 6.04 Å². The zero-order valence-electron chi connectivity index (χ0n) is 6.08. The van der Waals surface area contributed by atoms with Gasteiger partial charge >= 0.3 is 0 Å². The molecule has 56 valence electrons. The molecular formula is C6H12N3S+. The molecule has 2 heterocycles. The summed E-state index contributed by atoms with van der Waals surface area (Å²) in [6.07, 6.45) is 2.09. The van der Waals surface area contributed by atoms with E-state index in [0.717, 1.165) is 25.6 Å². The van der Waals surface area contributed by atoms with Gasteiger partial charge in [-0.1, -0.05) is 4.10 Å². The molecule has 1 fully saturated rings. The van der Waals surface area contributed by atoms with E-state index >= 15 is 0 Å². The van der Waals surface area contributed by atoms with Gasteiger partial charge < -0.3 is 5.32 Å². The van der Waals surface area contributed by atoms with Gasteiger partial charge in [-0.25, -0.2) is 0 Å². The molecule has 2 aliphatic rings. The monoisotopic (exact) mass is 158 g/mol. The molecule has 2 unspecified atom stereocenters. The summed E-state index contributed by atoms with van der Waals surface area (Å²) in [7, 11) is 0. The van der Waals surface area contributed by atoms with Crippen molar-refractivity contribution in [2.24, 2.45) is 11.0 Å². The second kappa shape index (κ2) is 2.51. The molecule has 2 aliphatic heterocycles. The summed E-state index contributed by atoms with van der Waals surface area (Å²) in [5.74, 6) is 0.785. The highest BCUT2D eigenvalue weighted by Crippen LogP contribution is 2.23. The van der Waals surface area contributed by atoms with Crippen LogP contribution in [-0.2, 0) is 0 Å². The molecule has 0 saturated carbocycles. The fraction of sp³-hybridized carbons (Fsp3) is 1.00. The van der Waals surface area contributed by atoms with Crippen LogP contribution < -0.4 is 5.32 Å². The lowest BCUT2D eigenvalue weighted by atomic mass is 10.1. The molecule has 2 rings (SSSR count). The molecule has 1 N–H and O–H groups in total. The Hall–Kier alpha value is -0.0900. The summed E-state index contributed by atoms with van der Waals surface area (Å²) in [4.78, 5) is 0. The van der Waals surface area contributed by atoms with Crippen molar-refractivity contribution in [2.75, 3.05) is 25.9 Å². The summed E-state index contributed by atoms with van der Waals surface area (Å²) in [5.41, 5.74) is 0. The summed E-state index contributed by atoms with van der Waals surface area (Å²) in [6.45, 7) is 3.30. The lowest BCUT2D eigenvalue weighted by Gasteiger charge is -1.98. The van der Waals surface area contributed by atoms with Crippen molar-refractivity contribution in [3.05, 3.63) is 0 Å². The van der Waals surface area contributed by atoms with E-state index in [-0.39, 0.29) is 0 Å². The second-order valence-corrected chi connectivity index (χ2v) is 3.53. The third kappa shape index (κ3) is 0.864. The maximum Gasteiger partial charge on any atom is 0.210 e. The van der Waals surface area contributed by atoms with Crippen molar-refractivity contribution < 1.29 is 4.10 Å². The molecule has 0 radical (unpaired) electrons. The molecule has 0 spiro atoms. The summed E-state index contributed by atoms with van der Waals surface area (Å²) in [6, 6.07) is 0.676. The largest absolute Gasteiger partial charge is 0.310 e. The van der Waals surface area contributed by atoms with Crippen LogP contribution in [0.25, 0.3) is 0 Å². The normalized spacial score (nSPS) is 37.9. The first-order valence-electron chi connectivity index (χ1n) is 3.63. The van der Waals surface area contributed by atoms with Gasteiger partial charge in [-0.15, -0.1) is 0 Å². The molecule has 0 bridgehead atoms. The highest BCUT2D eigenvalue weighted by Gasteiger charge is 2.42. The number of azo groups is 1. The van der Waals surface area contributed by atoms with Crippen LogP contribution in [0.1, 0.15) is 0 Å². The number of fused-ring (bicyclic) bond motifs is 1. The fourth-order valence-corrected chi connectivity index (χ4v) is 2.35. The molecule has 0 aromatic carbocycles. The highest BCUT2D eigenvalue weighted by molar-refractivity contribution is 7.92. The van der Waals surface area contributed by atoms with E-state index < -0.39 is 0 Å². The van der Waals surface area contributed by atoms with Gasteiger partial charge in [0.05, 0.1) is 18.7 Å². The maximum atomic E-state index is 4.39. The first-order chi connectivity index (χ1) is 4.92. The zero-order valence-corrected chi connectivity index (χ0v) is 6.90. The third-order valence-electron chi connectivity index (χ3n) is 2.23. The molecule has 4 heteroatoms. The average Bonchev–Trinajstić information content (AvgIpc) is 2.44. The van der Waals surface area contributed by atoms with Crippen LogP contribution in [-0.4, -0.2) is 36.0 Å². The molecule has 0 aromatic heterocycles. The summed E-state index contributed by atoms with van der Waals surface area (Å²) in [5, 5.41) is 7.77. The second-order valence-electron chi connectivity index (χ2n) is 2.79. The smallest absolute Gasteiger partial charge is 0.210 e. The van der Waals surface area contributed by atoms with Crippen molar-refractivity contribution >= 4 is 11.9 Å².